The van der Waals surface area contributed by atoms with Gasteiger partial charge in [0.05, 0.1) is 4.90 Å². The number of hydrogen-bond acceptors (Lipinski definition) is 2. The second-order valence-electron chi connectivity index (χ2n) is 5.28. The van der Waals surface area contributed by atoms with Crippen molar-refractivity contribution in [1.82, 2.24) is 4.31 Å². The number of benzene rings is 1. The molecule has 1 saturated heterocycles. The minimum atomic E-state index is -3.34. The standard InChI is InChI=1S/C14H21NO2S/c1-11-7-9-14(10-8-11)18(16,17)15-12(2)5-4-6-13(15)3/h7-10,12-13H,4-6H2,1-3H3/t12-,13-/m1/s1. The van der Waals surface area contributed by atoms with Crippen molar-refractivity contribution in [1.29, 1.82) is 0 Å². The summed E-state index contributed by atoms with van der Waals surface area (Å²) < 4.78 is 27.0. The third kappa shape index (κ3) is 2.45. The lowest BCUT2D eigenvalue weighted by Crippen LogP contribution is -2.47. The van der Waals surface area contributed by atoms with Crippen LogP contribution in [0.1, 0.15) is 38.7 Å². The summed E-state index contributed by atoms with van der Waals surface area (Å²) in [5.41, 5.74) is 1.08. The van der Waals surface area contributed by atoms with E-state index in [0.29, 0.717) is 4.90 Å². The van der Waals surface area contributed by atoms with Crippen molar-refractivity contribution >= 4 is 10.0 Å². The molecule has 4 heteroatoms. The maximum atomic E-state index is 12.6. The molecule has 1 aliphatic rings. The van der Waals surface area contributed by atoms with Crippen molar-refractivity contribution in [2.45, 2.75) is 57.0 Å². The van der Waals surface area contributed by atoms with Crippen molar-refractivity contribution in [3.63, 3.8) is 0 Å². The predicted molar refractivity (Wildman–Crippen MR) is 73.0 cm³/mol. The molecule has 0 aromatic heterocycles. The smallest absolute Gasteiger partial charge is 0.207 e. The molecule has 1 aliphatic heterocycles. The molecular formula is C14H21NO2S. The number of piperidine rings is 1. The minimum absolute atomic E-state index is 0.0973. The van der Waals surface area contributed by atoms with Gasteiger partial charge in [-0.25, -0.2) is 8.42 Å². The van der Waals surface area contributed by atoms with Gasteiger partial charge in [-0.1, -0.05) is 24.1 Å². The highest BCUT2D eigenvalue weighted by atomic mass is 32.2. The first kappa shape index (κ1) is 13.6. The number of hydrogen-bond donors (Lipinski definition) is 0. The zero-order valence-electron chi connectivity index (χ0n) is 11.3. The van der Waals surface area contributed by atoms with E-state index >= 15 is 0 Å². The Labute approximate surface area is 110 Å². The Kier molecular flexibility index (Phi) is 3.78. The average Bonchev–Trinajstić information content (AvgIpc) is 2.29. The fourth-order valence-electron chi connectivity index (χ4n) is 2.70. The highest BCUT2D eigenvalue weighted by Gasteiger charge is 2.35. The Morgan fingerprint density at radius 2 is 1.56 bits per heavy atom. The Hall–Kier alpha value is -0.870. The monoisotopic (exact) mass is 267 g/mol. The van der Waals surface area contributed by atoms with E-state index in [4.69, 9.17) is 0 Å². The van der Waals surface area contributed by atoms with Gasteiger partial charge in [-0.3, -0.25) is 0 Å². The minimum Gasteiger partial charge on any atom is -0.207 e. The van der Waals surface area contributed by atoms with Crippen LogP contribution in [0, 0.1) is 6.92 Å². The highest BCUT2D eigenvalue weighted by molar-refractivity contribution is 7.89. The third-order valence-corrected chi connectivity index (χ3v) is 5.85. The molecule has 0 saturated carbocycles. The molecule has 1 aromatic carbocycles. The molecule has 0 aliphatic carbocycles. The fourth-order valence-corrected chi connectivity index (χ4v) is 4.59. The molecule has 0 amide bonds. The molecule has 0 unspecified atom stereocenters. The maximum absolute atomic E-state index is 12.6. The summed E-state index contributed by atoms with van der Waals surface area (Å²) >= 11 is 0. The zero-order valence-corrected chi connectivity index (χ0v) is 12.1. The lowest BCUT2D eigenvalue weighted by molar-refractivity contribution is 0.204. The van der Waals surface area contributed by atoms with Crippen LogP contribution in [0.5, 0.6) is 0 Å². The van der Waals surface area contributed by atoms with Crippen LogP contribution in [0.3, 0.4) is 0 Å². The summed E-state index contributed by atoms with van der Waals surface area (Å²) in [5, 5.41) is 0. The van der Waals surface area contributed by atoms with Gasteiger partial charge in [0.25, 0.3) is 0 Å². The SMILES string of the molecule is Cc1ccc(S(=O)(=O)N2[C@H](C)CCC[C@H]2C)cc1. The molecule has 1 heterocycles. The maximum Gasteiger partial charge on any atom is 0.243 e. The van der Waals surface area contributed by atoms with E-state index in [1.165, 1.54) is 0 Å². The van der Waals surface area contributed by atoms with Gasteiger partial charge in [-0.05, 0) is 45.7 Å². The first-order chi connectivity index (χ1) is 8.43. The van der Waals surface area contributed by atoms with E-state index in [1.54, 1.807) is 16.4 Å². The third-order valence-electron chi connectivity index (χ3n) is 3.71. The Bertz CT molecular complexity index is 497. The van der Waals surface area contributed by atoms with E-state index in [0.717, 1.165) is 24.8 Å². The van der Waals surface area contributed by atoms with Gasteiger partial charge in [0.15, 0.2) is 0 Å². The molecule has 3 nitrogen and oxygen atoms in total. The summed E-state index contributed by atoms with van der Waals surface area (Å²) in [6, 6.07) is 7.32. The number of nitrogens with zero attached hydrogens (tertiary/aromatic N) is 1. The van der Waals surface area contributed by atoms with Crippen LogP contribution in [-0.4, -0.2) is 24.8 Å². The molecule has 0 N–H and O–H groups in total. The van der Waals surface area contributed by atoms with Gasteiger partial charge >= 0.3 is 0 Å². The molecule has 0 bridgehead atoms. The first-order valence-electron chi connectivity index (χ1n) is 6.53. The largest absolute Gasteiger partial charge is 0.243 e. The van der Waals surface area contributed by atoms with Gasteiger partial charge in [0, 0.05) is 12.1 Å². The number of rotatable bonds is 2. The van der Waals surface area contributed by atoms with Gasteiger partial charge < -0.3 is 0 Å². The number of aryl methyl sites for hydroxylation is 1. The molecule has 100 valence electrons. The van der Waals surface area contributed by atoms with Gasteiger partial charge in [0.2, 0.25) is 10.0 Å². The predicted octanol–water partition coefficient (Wildman–Crippen LogP) is 2.95. The normalized spacial score (nSPS) is 26.2. The zero-order chi connectivity index (χ0) is 13.3. The molecule has 1 fully saturated rings. The lowest BCUT2D eigenvalue weighted by Gasteiger charge is -2.37. The van der Waals surface area contributed by atoms with Crippen LogP contribution in [0.2, 0.25) is 0 Å². The van der Waals surface area contributed by atoms with Crippen molar-refractivity contribution in [2.75, 3.05) is 0 Å². The van der Waals surface area contributed by atoms with Crippen LogP contribution in [0.15, 0.2) is 29.2 Å². The molecule has 18 heavy (non-hydrogen) atoms. The average molecular weight is 267 g/mol. The first-order valence-corrected chi connectivity index (χ1v) is 7.97. The van der Waals surface area contributed by atoms with Gasteiger partial charge in [0.1, 0.15) is 0 Å². The van der Waals surface area contributed by atoms with Crippen LogP contribution in [-0.2, 0) is 10.0 Å². The second-order valence-corrected chi connectivity index (χ2v) is 7.12. The Morgan fingerprint density at radius 1 is 1.06 bits per heavy atom. The van der Waals surface area contributed by atoms with E-state index < -0.39 is 10.0 Å². The fraction of sp³-hybridized carbons (Fsp3) is 0.571. The van der Waals surface area contributed by atoms with Crippen molar-refractivity contribution < 1.29 is 8.42 Å². The van der Waals surface area contributed by atoms with E-state index in [-0.39, 0.29) is 12.1 Å². The lowest BCUT2D eigenvalue weighted by atomic mass is 10.0. The molecular weight excluding hydrogens is 246 g/mol. The Morgan fingerprint density at radius 3 is 2.06 bits per heavy atom. The molecule has 2 atom stereocenters. The summed E-state index contributed by atoms with van der Waals surface area (Å²) in [7, 11) is -3.34. The van der Waals surface area contributed by atoms with Crippen LogP contribution in [0.25, 0.3) is 0 Å². The topological polar surface area (TPSA) is 37.4 Å². The van der Waals surface area contributed by atoms with Crippen molar-refractivity contribution in [2.24, 2.45) is 0 Å². The van der Waals surface area contributed by atoms with Crippen LogP contribution in [0.4, 0.5) is 0 Å². The van der Waals surface area contributed by atoms with Crippen molar-refractivity contribution in [3.8, 4) is 0 Å². The highest BCUT2D eigenvalue weighted by Crippen LogP contribution is 2.29. The molecule has 0 spiro atoms. The van der Waals surface area contributed by atoms with Gasteiger partial charge in [-0.2, -0.15) is 4.31 Å². The van der Waals surface area contributed by atoms with Crippen molar-refractivity contribution in [3.05, 3.63) is 29.8 Å². The number of sulfonamides is 1. The molecule has 1 aromatic rings. The van der Waals surface area contributed by atoms with E-state index in [1.807, 2.05) is 32.9 Å². The summed E-state index contributed by atoms with van der Waals surface area (Å²) in [6.07, 6.45) is 3.02. The quantitative estimate of drug-likeness (QED) is 0.826. The van der Waals surface area contributed by atoms with Crippen LogP contribution < -0.4 is 0 Å². The second kappa shape index (κ2) is 5.02. The summed E-state index contributed by atoms with van der Waals surface area (Å²) in [4.78, 5) is 0.411. The van der Waals surface area contributed by atoms with E-state index in [9.17, 15) is 8.42 Å². The van der Waals surface area contributed by atoms with Crippen LogP contribution >= 0.6 is 0 Å². The molecule has 0 radical (unpaired) electrons. The van der Waals surface area contributed by atoms with E-state index in [2.05, 4.69) is 0 Å². The summed E-state index contributed by atoms with van der Waals surface area (Å²) in [5.74, 6) is 0. The summed E-state index contributed by atoms with van der Waals surface area (Å²) in [6.45, 7) is 5.96. The Balaban J connectivity index is 2.38. The van der Waals surface area contributed by atoms with Gasteiger partial charge in [-0.15, -0.1) is 0 Å². The molecule has 2 rings (SSSR count).